The number of benzene rings is 1. The molecule has 1 aromatic rings. The SMILES string of the molecule is CC1(C(Cl)c2ccc3c(c2)C(=O)NCCO3)CCCCC1. The lowest BCUT2D eigenvalue weighted by Crippen LogP contribution is -2.26. The summed E-state index contributed by atoms with van der Waals surface area (Å²) in [7, 11) is 0. The maximum atomic E-state index is 12.1. The minimum atomic E-state index is -0.0676. The van der Waals surface area contributed by atoms with Crippen molar-refractivity contribution in [1.82, 2.24) is 5.32 Å². The van der Waals surface area contributed by atoms with Crippen LogP contribution in [0, 0.1) is 5.41 Å². The zero-order valence-electron chi connectivity index (χ0n) is 12.5. The molecular weight excluding hydrogens is 286 g/mol. The van der Waals surface area contributed by atoms with Gasteiger partial charge in [-0.2, -0.15) is 0 Å². The van der Waals surface area contributed by atoms with Gasteiger partial charge in [-0.1, -0.05) is 32.3 Å². The van der Waals surface area contributed by atoms with Crippen molar-refractivity contribution >= 4 is 17.5 Å². The van der Waals surface area contributed by atoms with Crippen molar-refractivity contribution in [2.75, 3.05) is 13.2 Å². The van der Waals surface area contributed by atoms with Gasteiger partial charge in [0, 0.05) is 0 Å². The van der Waals surface area contributed by atoms with Crippen LogP contribution < -0.4 is 10.1 Å². The Morgan fingerprint density at radius 2 is 2.05 bits per heavy atom. The van der Waals surface area contributed by atoms with E-state index >= 15 is 0 Å². The van der Waals surface area contributed by atoms with Gasteiger partial charge >= 0.3 is 0 Å². The fraction of sp³-hybridized carbons (Fsp3) is 0.588. The molecule has 1 amide bonds. The molecule has 1 fully saturated rings. The van der Waals surface area contributed by atoms with Gasteiger partial charge in [-0.05, 0) is 36.0 Å². The van der Waals surface area contributed by atoms with E-state index in [4.69, 9.17) is 16.3 Å². The number of hydrogen-bond acceptors (Lipinski definition) is 2. The molecule has 1 N–H and O–H groups in total. The summed E-state index contributed by atoms with van der Waals surface area (Å²) in [6.45, 7) is 3.33. The summed E-state index contributed by atoms with van der Waals surface area (Å²) in [4.78, 5) is 12.1. The van der Waals surface area contributed by atoms with Gasteiger partial charge in [-0.25, -0.2) is 0 Å². The normalized spacial score (nSPS) is 22.5. The lowest BCUT2D eigenvalue weighted by atomic mass is 9.71. The summed E-state index contributed by atoms with van der Waals surface area (Å²) >= 11 is 6.78. The zero-order valence-corrected chi connectivity index (χ0v) is 13.2. The fourth-order valence-electron chi connectivity index (χ4n) is 3.44. The number of alkyl halides is 1. The third kappa shape index (κ3) is 2.89. The number of amides is 1. The second kappa shape index (κ2) is 5.88. The average Bonchev–Trinajstić information content (AvgIpc) is 2.69. The molecule has 4 heteroatoms. The minimum Gasteiger partial charge on any atom is -0.491 e. The number of hydrogen-bond donors (Lipinski definition) is 1. The van der Waals surface area contributed by atoms with E-state index in [1.807, 2.05) is 18.2 Å². The van der Waals surface area contributed by atoms with E-state index in [0.717, 1.165) is 18.4 Å². The van der Waals surface area contributed by atoms with Crippen LogP contribution in [0.3, 0.4) is 0 Å². The first kappa shape index (κ1) is 14.7. The summed E-state index contributed by atoms with van der Waals surface area (Å²) in [5.74, 6) is 0.591. The van der Waals surface area contributed by atoms with Gasteiger partial charge in [0.2, 0.25) is 0 Å². The van der Waals surface area contributed by atoms with Gasteiger partial charge in [0.05, 0.1) is 17.5 Å². The predicted molar refractivity (Wildman–Crippen MR) is 84.1 cm³/mol. The van der Waals surface area contributed by atoms with Gasteiger partial charge in [-0.15, -0.1) is 11.6 Å². The highest BCUT2D eigenvalue weighted by Crippen LogP contribution is 2.49. The molecule has 1 saturated carbocycles. The molecule has 1 aliphatic carbocycles. The number of carbonyl (C=O) groups is 1. The van der Waals surface area contributed by atoms with Crippen molar-refractivity contribution in [2.45, 2.75) is 44.4 Å². The van der Waals surface area contributed by atoms with E-state index in [1.54, 1.807) is 0 Å². The molecule has 0 saturated heterocycles. The Morgan fingerprint density at radius 3 is 2.81 bits per heavy atom. The molecule has 0 aromatic heterocycles. The summed E-state index contributed by atoms with van der Waals surface area (Å²) in [6.07, 6.45) is 6.10. The smallest absolute Gasteiger partial charge is 0.255 e. The van der Waals surface area contributed by atoms with Crippen molar-refractivity contribution in [2.24, 2.45) is 5.41 Å². The molecule has 1 heterocycles. The largest absolute Gasteiger partial charge is 0.491 e. The van der Waals surface area contributed by atoms with Crippen LogP contribution in [-0.4, -0.2) is 19.1 Å². The van der Waals surface area contributed by atoms with Crippen LogP contribution in [0.15, 0.2) is 18.2 Å². The van der Waals surface area contributed by atoms with Crippen molar-refractivity contribution in [3.05, 3.63) is 29.3 Å². The van der Waals surface area contributed by atoms with Gasteiger partial charge in [0.1, 0.15) is 12.4 Å². The maximum Gasteiger partial charge on any atom is 0.255 e. The Labute approximate surface area is 131 Å². The Kier molecular flexibility index (Phi) is 4.12. The number of carbonyl (C=O) groups excluding carboxylic acids is 1. The highest BCUT2D eigenvalue weighted by atomic mass is 35.5. The fourth-order valence-corrected chi connectivity index (χ4v) is 3.80. The number of fused-ring (bicyclic) bond motifs is 1. The van der Waals surface area contributed by atoms with Crippen LogP contribution in [0.2, 0.25) is 0 Å². The second-order valence-corrected chi connectivity index (χ2v) is 6.87. The predicted octanol–water partition coefficient (Wildman–Crippen LogP) is 4.06. The number of rotatable bonds is 2. The number of ether oxygens (including phenoxy) is 1. The molecule has 1 aromatic carbocycles. The molecule has 2 aliphatic rings. The molecule has 3 nitrogen and oxygen atoms in total. The lowest BCUT2D eigenvalue weighted by Gasteiger charge is -2.38. The first-order valence-electron chi connectivity index (χ1n) is 7.79. The standard InChI is InChI=1S/C17H22ClNO2/c1-17(7-3-2-4-8-17)15(18)12-5-6-14-13(11-12)16(20)19-9-10-21-14/h5-6,11,15H,2-4,7-10H2,1H3,(H,19,20). The first-order valence-corrected chi connectivity index (χ1v) is 8.23. The van der Waals surface area contributed by atoms with E-state index in [1.165, 1.54) is 19.3 Å². The van der Waals surface area contributed by atoms with E-state index in [0.29, 0.717) is 24.5 Å². The molecule has 21 heavy (non-hydrogen) atoms. The van der Waals surface area contributed by atoms with E-state index in [9.17, 15) is 4.79 Å². The molecule has 114 valence electrons. The summed E-state index contributed by atoms with van der Waals surface area (Å²) < 4.78 is 5.60. The summed E-state index contributed by atoms with van der Waals surface area (Å²) in [6, 6.07) is 5.81. The van der Waals surface area contributed by atoms with E-state index < -0.39 is 0 Å². The Morgan fingerprint density at radius 1 is 1.29 bits per heavy atom. The summed E-state index contributed by atoms with van der Waals surface area (Å²) in [5.41, 5.74) is 1.76. The van der Waals surface area contributed by atoms with Gasteiger partial charge in [0.15, 0.2) is 0 Å². The molecule has 1 atom stereocenters. The Bertz CT molecular complexity index is 538. The third-order valence-electron chi connectivity index (χ3n) is 4.79. The zero-order chi connectivity index (χ0) is 14.9. The highest BCUT2D eigenvalue weighted by Gasteiger charge is 2.35. The average molecular weight is 308 g/mol. The molecular formula is C17H22ClNO2. The molecule has 1 aliphatic heterocycles. The number of nitrogens with one attached hydrogen (secondary N) is 1. The molecule has 0 radical (unpaired) electrons. The molecule has 0 bridgehead atoms. The van der Waals surface area contributed by atoms with Crippen molar-refractivity contribution in [3.8, 4) is 5.75 Å². The topological polar surface area (TPSA) is 38.3 Å². The van der Waals surface area contributed by atoms with Crippen LogP contribution in [0.4, 0.5) is 0 Å². The van der Waals surface area contributed by atoms with E-state index in [-0.39, 0.29) is 16.7 Å². The van der Waals surface area contributed by atoms with Crippen molar-refractivity contribution in [3.63, 3.8) is 0 Å². The second-order valence-electron chi connectivity index (χ2n) is 6.44. The Balaban J connectivity index is 1.90. The van der Waals surface area contributed by atoms with Gasteiger partial charge < -0.3 is 10.1 Å². The number of halogens is 1. The van der Waals surface area contributed by atoms with Crippen molar-refractivity contribution in [1.29, 1.82) is 0 Å². The van der Waals surface area contributed by atoms with Crippen LogP contribution >= 0.6 is 11.6 Å². The first-order chi connectivity index (χ1) is 10.1. The van der Waals surface area contributed by atoms with Gasteiger partial charge in [-0.3, -0.25) is 4.79 Å². The Hall–Kier alpha value is -1.22. The van der Waals surface area contributed by atoms with Crippen LogP contribution in [0.25, 0.3) is 0 Å². The van der Waals surface area contributed by atoms with Crippen molar-refractivity contribution < 1.29 is 9.53 Å². The molecule has 0 spiro atoms. The third-order valence-corrected chi connectivity index (χ3v) is 5.57. The minimum absolute atomic E-state index is 0.0563. The monoisotopic (exact) mass is 307 g/mol. The highest BCUT2D eigenvalue weighted by molar-refractivity contribution is 6.21. The van der Waals surface area contributed by atoms with E-state index in [2.05, 4.69) is 12.2 Å². The molecule has 1 unspecified atom stereocenters. The van der Waals surface area contributed by atoms with Gasteiger partial charge in [0.25, 0.3) is 5.91 Å². The summed E-state index contributed by atoms with van der Waals surface area (Å²) in [5, 5.41) is 2.79. The quantitative estimate of drug-likeness (QED) is 0.837. The van der Waals surface area contributed by atoms with Crippen LogP contribution in [-0.2, 0) is 0 Å². The lowest BCUT2D eigenvalue weighted by molar-refractivity contribution is 0.0957. The molecule has 3 rings (SSSR count). The van der Waals surface area contributed by atoms with Crippen LogP contribution in [0.1, 0.15) is 60.3 Å². The maximum absolute atomic E-state index is 12.1. The van der Waals surface area contributed by atoms with Crippen LogP contribution in [0.5, 0.6) is 5.75 Å².